The van der Waals surface area contributed by atoms with Crippen LogP contribution in [-0.2, 0) is 6.42 Å². The van der Waals surface area contributed by atoms with E-state index in [0.717, 1.165) is 12.0 Å². The molecule has 0 saturated heterocycles. The molecule has 4 rings (SSSR count). The maximum atomic E-state index is 12.5. The predicted octanol–water partition coefficient (Wildman–Crippen LogP) is 2.76. The van der Waals surface area contributed by atoms with Crippen LogP contribution in [0.2, 0.25) is 0 Å². The molecular weight excluding hydrogens is 326 g/mol. The highest BCUT2D eigenvalue weighted by Gasteiger charge is 2.11. The Morgan fingerprint density at radius 2 is 1.88 bits per heavy atom. The molecule has 0 aliphatic rings. The molecule has 0 aliphatic carbocycles. The van der Waals surface area contributed by atoms with Crippen molar-refractivity contribution in [1.82, 2.24) is 24.9 Å². The molecule has 0 unspecified atom stereocenters. The van der Waals surface area contributed by atoms with E-state index in [2.05, 4.69) is 32.6 Å². The van der Waals surface area contributed by atoms with Crippen molar-refractivity contribution in [2.75, 3.05) is 6.54 Å². The lowest BCUT2D eigenvalue weighted by Crippen LogP contribution is -2.25. The molecule has 6 heteroatoms. The van der Waals surface area contributed by atoms with Crippen molar-refractivity contribution in [3.63, 3.8) is 0 Å². The summed E-state index contributed by atoms with van der Waals surface area (Å²) in [4.78, 5) is 16.6. The average molecular weight is 343 g/mol. The van der Waals surface area contributed by atoms with Gasteiger partial charge in [0.05, 0.1) is 5.56 Å². The molecule has 0 aliphatic heterocycles. The maximum Gasteiger partial charge on any atom is 0.252 e. The van der Waals surface area contributed by atoms with Crippen LogP contribution in [0.4, 0.5) is 0 Å². The molecule has 4 aromatic rings. The highest BCUT2D eigenvalue weighted by Crippen LogP contribution is 2.17. The van der Waals surface area contributed by atoms with Crippen molar-refractivity contribution in [2.24, 2.45) is 0 Å². The molecule has 128 valence electrons. The number of nitrogens with one attached hydrogen (secondary N) is 1. The Hall–Kier alpha value is -3.54. The average Bonchev–Trinajstić information content (AvgIpc) is 3.12. The van der Waals surface area contributed by atoms with Crippen molar-refractivity contribution in [2.45, 2.75) is 6.42 Å². The van der Waals surface area contributed by atoms with E-state index in [1.165, 1.54) is 5.56 Å². The van der Waals surface area contributed by atoms with Gasteiger partial charge in [0.25, 0.3) is 5.91 Å². The number of fused-ring (bicyclic) bond motifs is 1. The molecule has 1 aromatic carbocycles. The van der Waals surface area contributed by atoms with Crippen LogP contribution in [0, 0.1) is 0 Å². The van der Waals surface area contributed by atoms with Crippen molar-refractivity contribution < 1.29 is 4.79 Å². The number of hydrogen-bond acceptors (Lipinski definition) is 4. The van der Waals surface area contributed by atoms with Gasteiger partial charge in [0.1, 0.15) is 0 Å². The van der Waals surface area contributed by atoms with E-state index in [-0.39, 0.29) is 5.91 Å². The van der Waals surface area contributed by atoms with E-state index in [1.54, 1.807) is 30.7 Å². The Bertz CT molecular complexity index is 1030. The lowest BCUT2D eigenvalue weighted by atomic mass is 10.1. The molecule has 1 amide bonds. The van der Waals surface area contributed by atoms with Crippen LogP contribution in [0.15, 0.2) is 73.2 Å². The van der Waals surface area contributed by atoms with E-state index in [9.17, 15) is 4.79 Å². The minimum absolute atomic E-state index is 0.117. The van der Waals surface area contributed by atoms with Gasteiger partial charge in [0.15, 0.2) is 11.5 Å². The predicted molar refractivity (Wildman–Crippen MR) is 98.7 cm³/mol. The number of pyridine rings is 2. The zero-order valence-electron chi connectivity index (χ0n) is 14.0. The number of benzene rings is 1. The minimum Gasteiger partial charge on any atom is -0.352 e. The third kappa shape index (κ3) is 3.30. The van der Waals surface area contributed by atoms with Gasteiger partial charge in [-0.25, -0.2) is 0 Å². The van der Waals surface area contributed by atoms with Gasteiger partial charge in [-0.2, -0.15) is 0 Å². The Morgan fingerprint density at radius 1 is 1.00 bits per heavy atom. The third-order valence-corrected chi connectivity index (χ3v) is 4.13. The first-order chi connectivity index (χ1) is 12.8. The summed E-state index contributed by atoms with van der Waals surface area (Å²) in [6.45, 7) is 0.582. The Labute approximate surface area is 150 Å². The van der Waals surface area contributed by atoms with E-state index >= 15 is 0 Å². The first-order valence-electron chi connectivity index (χ1n) is 8.38. The summed E-state index contributed by atoms with van der Waals surface area (Å²) in [5.41, 5.74) is 3.29. The highest BCUT2D eigenvalue weighted by molar-refractivity contribution is 5.94. The fraction of sp³-hybridized carbons (Fsp3) is 0.100. The molecule has 26 heavy (non-hydrogen) atoms. The van der Waals surface area contributed by atoms with Gasteiger partial charge in [-0.3, -0.25) is 14.2 Å². The van der Waals surface area contributed by atoms with Crippen molar-refractivity contribution in [3.8, 4) is 11.4 Å². The number of aromatic nitrogens is 4. The molecule has 0 saturated carbocycles. The van der Waals surface area contributed by atoms with Crippen LogP contribution in [-0.4, -0.2) is 32.0 Å². The zero-order chi connectivity index (χ0) is 17.8. The molecule has 3 aromatic heterocycles. The van der Waals surface area contributed by atoms with Gasteiger partial charge < -0.3 is 5.32 Å². The van der Waals surface area contributed by atoms with Gasteiger partial charge in [0.2, 0.25) is 0 Å². The second-order valence-corrected chi connectivity index (χ2v) is 5.90. The molecular formula is C20H17N5O. The second-order valence-electron chi connectivity index (χ2n) is 5.90. The molecule has 0 spiro atoms. The van der Waals surface area contributed by atoms with Crippen molar-refractivity contribution in [3.05, 3.63) is 84.3 Å². The Kier molecular flexibility index (Phi) is 4.38. The van der Waals surface area contributed by atoms with E-state index in [4.69, 9.17) is 0 Å². The van der Waals surface area contributed by atoms with Crippen LogP contribution in [0.3, 0.4) is 0 Å². The summed E-state index contributed by atoms with van der Waals surface area (Å²) in [6.07, 6.45) is 5.99. The topological polar surface area (TPSA) is 72.2 Å². The molecule has 1 N–H and O–H groups in total. The molecule has 3 heterocycles. The Balaban J connectivity index is 1.52. The number of carbonyl (C=O) groups is 1. The largest absolute Gasteiger partial charge is 0.352 e. The van der Waals surface area contributed by atoms with Gasteiger partial charge in [-0.05, 0) is 36.2 Å². The smallest absolute Gasteiger partial charge is 0.252 e. The van der Waals surface area contributed by atoms with Crippen LogP contribution in [0.5, 0.6) is 0 Å². The minimum atomic E-state index is -0.117. The second kappa shape index (κ2) is 7.14. The lowest BCUT2D eigenvalue weighted by Gasteiger charge is -2.06. The van der Waals surface area contributed by atoms with Gasteiger partial charge in [-0.1, -0.05) is 30.3 Å². The van der Waals surface area contributed by atoms with Crippen LogP contribution >= 0.6 is 0 Å². The normalized spacial score (nSPS) is 10.8. The van der Waals surface area contributed by atoms with E-state index in [1.807, 2.05) is 34.7 Å². The molecule has 0 fully saturated rings. The fourth-order valence-corrected chi connectivity index (χ4v) is 2.78. The summed E-state index contributed by atoms with van der Waals surface area (Å²) in [7, 11) is 0. The summed E-state index contributed by atoms with van der Waals surface area (Å²) < 4.78 is 1.81. The van der Waals surface area contributed by atoms with Gasteiger partial charge >= 0.3 is 0 Å². The van der Waals surface area contributed by atoms with Crippen LogP contribution in [0.1, 0.15) is 15.9 Å². The molecule has 0 bridgehead atoms. The number of rotatable bonds is 5. The number of carbonyl (C=O) groups excluding carboxylic acids is 1. The van der Waals surface area contributed by atoms with Gasteiger partial charge in [0, 0.05) is 30.7 Å². The van der Waals surface area contributed by atoms with Gasteiger partial charge in [-0.15, -0.1) is 10.2 Å². The Morgan fingerprint density at radius 3 is 2.69 bits per heavy atom. The van der Waals surface area contributed by atoms with E-state index < -0.39 is 0 Å². The summed E-state index contributed by atoms with van der Waals surface area (Å²) >= 11 is 0. The zero-order valence-corrected chi connectivity index (χ0v) is 14.0. The van der Waals surface area contributed by atoms with Crippen molar-refractivity contribution >= 4 is 11.6 Å². The number of amides is 1. The highest BCUT2D eigenvalue weighted by atomic mass is 16.1. The monoisotopic (exact) mass is 343 g/mol. The summed E-state index contributed by atoms with van der Waals surface area (Å²) in [6, 6.07) is 17.4. The summed E-state index contributed by atoms with van der Waals surface area (Å²) in [5.74, 6) is 0.542. The molecule has 0 radical (unpaired) electrons. The number of hydrogen-bond donors (Lipinski definition) is 1. The van der Waals surface area contributed by atoms with Crippen molar-refractivity contribution in [1.29, 1.82) is 0 Å². The number of nitrogens with zero attached hydrogens (tertiary/aromatic N) is 4. The fourth-order valence-electron chi connectivity index (χ4n) is 2.78. The maximum absolute atomic E-state index is 12.5. The third-order valence-electron chi connectivity index (χ3n) is 4.13. The standard InChI is InChI=1S/C20H17N5O/c26-20(22-12-10-15-5-2-1-3-6-15)17-8-9-18-23-24-19(25(18)14-17)16-7-4-11-21-13-16/h1-9,11,13-14H,10,12H2,(H,22,26). The lowest BCUT2D eigenvalue weighted by molar-refractivity contribution is 0.0953. The molecule has 6 nitrogen and oxygen atoms in total. The van der Waals surface area contributed by atoms with Crippen LogP contribution in [0.25, 0.3) is 17.0 Å². The quantitative estimate of drug-likeness (QED) is 0.605. The summed E-state index contributed by atoms with van der Waals surface area (Å²) in [5, 5.41) is 11.3. The molecule has 0 atom stereocenters. The van der Waals surface area contributed by atoms with E-state index in [0.29, 0.717) is 23.6 Å². The first kappa shape index (κ1) is 16.0. The van der Waals surface area contributed by atoms with Crippen LogP contribution < -0.4 is 5.32 Å². The first-order valence-corrected chi connectivity index (χ1v) is 8.38. The SMILES string of the molecule is O=C(NCCc1ccccc1)c1ccc2nnc(-c3cccnc3)n2c1.